The molecular weight excluding hydrogens is 338 g/mol. The van der Waals surface area contributed by atoms with Gasteiger partial charge in [0.1, 0.15) is 19.3 Å². The van der Waals surface area contributed by atoms with Crippen LogP contribution in [0, 0.1) is 5.41 Å². The standard InChI is InChI=1S/C20H24ClNO3/c1-20(2,3)12-22-16-8-7-13(21)11-15(16)18(23)14-5-4-6-17-19(14)25-10-9-24-17/h4-8,11,18,22-23H,9-10,12H2,1-3H3. The molecule has 0 saturated heterocycles. The summed E-state index contributed by atoms with van der Waals surface area (Å²) in [5, 5.41) is 15.0. The summed E-state index contributed by atoms with van der Waals surface area (Å²) in [4.78, 5) is 0. The summed E-state index contributed by atoms with van der Waals surface area (Å²) in [6.07, 6.45) is -0.863. The molecule has 0 saturated carbocycles. The van der Waals surface area contributed by atoms with Gasteiger partial charge in [0.15, 0.2) is 11.5 Å². The van der Waals surface area contributed by atoms with E-state index in [4.69, 9.17) is 21.1 Å². The molecule has 0 aromatic heterocycles. The van der Waals surface area contributed by atoms with Crippen molar-refractivity contribution in [3.05, 3.63) is 52.5 Å². The number of anilines is 1. The molecule has 25 heavy (non-hydrogen) atoms. The Morgan fingerprint density at radius 1 is 1.12 bits per heavy atom. The number of hydrogen-bond acceptors (Lipinski definition) is 4. The minimum Gasteiger partial charge on any atom is -0.486 e. The van der Waals surface area contributed by atoms with Gasteiger partial charge in [0, 0.05) is 28.4 Å². The highest BCUT2D eigenvalue weighted by Gasteiger charge is 2.24. The number of ether oxygens (including phenoxy) is 2. The van der Waals surface area contributed by atoms with Crippen LogP contribution in [0.3, 0.4) is 0 Å². The predicted molar refractivity (Wildman–Crippen MR) is 101 cm³/mol. The number of para-hydroxylation sites is 1. The quantitative estimate of drug-likeness (QED) is 0.832. The van der Waals surface area contributed by atoms with Crippen molar-refractivity contribution in [1.29, 1.82) is 0 Å². The monoisotopic (exact) mass is 361 g/mol. The Balaban J connectivity index is 1.97. The molecule has 5 heteroatoms. The molecule has 2 aromatic carbocycles. The fourth-order valence-electron chi connectivity index (χ4n) is 2.76. The summed E-state index contributed by atoms with van der Waals surface area (Å²) in [6.45, 7) is 8.24. The van der Waals surface area contributed by atoms with Crippen LogP contribution in [-0.2, 0) is 0 Å². The van der Waals surface area contributed by atoms with Crippen LogP contribution in [0.1, 0.15) is 38.0 Å². The predicted octanol–water partition coefficient (Wildman–Crippen LogP) is 4.65. The van der Waals surface area contributed by atoms with E-state index in [0.717, 1.165) is 17.8 Å². The van der Waals surface area contributed by atoms with Crippen molar-refractivity contribution < 1.29 is 14.6 Å². The molecule has 2 aromatic rings. The summed E-state index contributed by atoms with van der Waals surface area (Å²) in [5.74, 6) is 1.26. The zero-order chi connectivity index (χ0) is 18.0. The molecule has 0 bridgehead atoms. The Morgan fingerprint density at radius 2 is 1.88 bits per heavy atom. The summed E-state index contributed by atoms with van der Waals surface area (Å²) in [5.41, 5.74) is 2.38. The fraction of sp³-hybridized carbons (Fsp3) is 0.400. The van der Waals surface area contributed by atoms with E-state index in [1.165, 1.54) is 0 Å². The second kappa shape index (κ2) is 7.14. The van der Waals surface area contributed by atoms with E-state index in [9.17, 15) is 5.11 Å². The first-order valence-electron chi connectivity index (χ1n) is 8.45. The van der Waals surface area contributed by atoms with Gasteiger partial charge in [0.05, 0.1) is 0 Å². The molecule has 1 atom stereocenters. The second-order valence-corrected chi connectivity index (χ2v) is 7.86. The lowest BCUT2D eigenvalue weighted by molar-refractivity contribution is 0.158. The molecule has 2 N–H and O–H groups in total. The SMILES string of the molecule is CC(C)(C)CNc1ccc(Cl)cc1C(O)c1cccc2c1OCCO2. The number of benzene rings is 2. The van der Waals surface area contributed by atoms with Gasteiger partial charge in [-0.2, -0.15) is 0 Å². The highest BCUT2D eigenvalue weighted by atomic mass is 35.5. The van der Waals surface area contributed by atoms with Crippen molar-refractivity contribution in [2.45, 2.75) is 26.9 Å². The molecule has 1 heterocycles. The summed E-state index contributed by atoms with van der Waals surface area (Å²) in [6, 6.07) is 11.1. The molecule has 0 fully saturated rings. The van der Waals surface area contributed by atoms with Gasteiger partial charge in [0.2, 0.25) is 0 Å². The summed E-state index contributed by atoms with van der Waals surface area (Å²) < 4.78 is 11.4. The lowest BCUT2D eigenvalue weighted by Gasteiger charge is -2.25. The number of halogens is 1. The first kappa shape index (κ1) is 17.9. The zero-order valence-electron chi connectivity index (χ0n) is 14.8. The summed E-state index contributed by atoms with van der Waals surface area (Å²) in [7, 11) is 0. The van der Waals surface area contributed by atoms with Crippen LogP contribution in [-0.4, -0.2) is 24.9 Å². The van der Waals surface area contributed by atoms with Gasteiger partial charge in [-0.25, -0.2) is 0 Å². The van der Waals surface area contributed by atoms with Gasteiger partial charge >= 0.3 is 0 Å². The van der Waals surface area contributed by atoms with E-state index in [0.29, 0.717) is 35.3 Å². The third kappa shape index (κ3) is 4.20. The van der Waals surface area contributed by atoms with Crippen molar-refractivity contribution in [1.82, 2.24) is 0 Å². The largest absolute Gasteiger partial charge is 0.486 e. The third-order valence-corrected chi connectivity index (χ3v) is 4.24. The number of hydrogen-bond donors (Lipinski definition) is 2. The fourth-order valence-corrected chi connectivity index (χ4v) is 2.94. The van der Waals surface area contributed by atoms with Crippen LogP contribution in [0.4, 0.5) is 5.69 Å². The maximum atomic E-state index is 11.0. The van der Waals surface area contributed by atoms with E-state index in [1.807, 2.05) is 30.3 Å². The third-order valence-electron chi connectivity index (χ3n) is 4.01. The minimum absolute atomic E-state index is 0.116. The lowest BCUT2D eigenvalue weighted by atomic mass is 9.95. The second-order valence-electron chi connectivity index (χ2n) is 7.42. The molecule has 0 radical (unpaired) electrons. The summed E-state index contributed by atoms with van der Waals surface area (Å²) >= 11 is 6.19. The molecule has 3 rings (SSSR count). The van der Waals surface area contributed by atoms with Gasteiger partial charge in [0.25, 0.3) is 0 Å². The topological polar surface area (TPSA) is 50.7 Å². The molecule has 4 nitrogen and oxygen atoms in total. The average Bonchev–Trinajstić information content (AvgIpc) is 2.58. The highest BCUT2D eigenvalue weighted by molar-refractivity contribution is 6.30. The van der Waals surface area contributed by atoms with Gasteiger partial charge in [-0.15, -0.1) is 0 Å². The van der Waals surface area contributed by atoms with E-state index in [-0.39, 0.29) is 5.41 Å². The molecule has 1 aliphatic heterocycles. The van der Waals surface area contributed by atoms with E-state index < -0.39 is 6.10 Å². The Morgan fingerprint density at radius 3 is 2.64 bits per heavy atom. The van der Waals surface area contributed by atoms with Crippen molar-refractivity contribution in [2.24, 2.45) is 5.41 Å². The normalized spacial score (nSPS) is 14.9. The van der Waals surface area contributed by atoms with Crippen molar-refractivity contribution in [3.8, 4) is 11.5 Å². The smallest absolute Gasteiger partial charge is 0.167 e. The Hall–Kier alpha value is -1.91. The van der Waals surface area contributed by atoms with Crippen LogP contribution in [0.5, 0.6) is 11.5 Å². The maximum Gasteiger partial charge on any atom is 0.167 e. The van der Waals surface area contributed by atoms with Crippen molar-refractivity contribution in [3.63, 3.8) is 0 Å². The maximum absolute atomic E-state index is 11.0. The first-order valence-corrected chi connectivity index (χ1v) is 8.83. The lowest BCUT2D eigenvalue weighted by Crippen LogP contribution is -2.21. The minimum atomic E-state index is -0.863. The van der Waals surface area contributed by atoms with E-state index in [1.54, 1.807) is 6.07 Å². The number of nitrogens with one attached hydrogen (secondary N) is 1. The molecule has 0 aliphatic carbocycles. The van der Waals surface area contributed by atoms with E-state index >= 15 is 0 Å². The first-order chi connectivity index (χ1) is 11.8. The van der Waals surface area contributed by atoms with Gasteiger partial charge < -0.3 is 19.9 Å². The average molecular weight is 362 g/mol. The van der Waals surface area contributed by atoms with Crippen LogP contribution >= 0.6 is 11.6 Å². The van der Waals surface area contributed by atoms with Crippen LogP contribution < -0.4 is 14.8 Å². The number of aliphatic hydroxyl groups is 1. The van der Waals surface area contributed by atoms with Gasteiger partial charge in [-0.1, -0.05) is 44.5 Å². The van der Waals surface area contributed by atoms with Crippen LogP contribution in [0.15, 0.2) is 36.4 Å². The molecule has 0 amide bonds. The molecule has 1 unspecified atom stereocenters. The van der Waals surface area contributed by atoms with Gasteiger partial charge in [-0.3, -0.25) is 0 Å². The number of fused-ring (bicyclic) bond motifs is 1. The molecular formula is C20H24ClNO3. The number of aliphatic hydroxyl groups excluding tert-OH is 1. The van der Waals surface area contributed by atoms with E-state index in [2.05, 4.69) is 26.1 Å². The van der Waals surface area contributed by atoms with Crippen molar-refractivity contribution >= 4 is 17.3 Å². The van der Waals surface area contributed by atoms with Crippen LogP contribution in [0.2, 0.25) is 5.02 Å². The van der Waals surface area contributed by atoms with Gasteiger partial charge in [-0.05, 0) is 29.7 Å². The van der Waals surface area contributed by atoms with Crippen LogP contribution in [0.25, 0.3) is 0 Å². The molecule has 1 aliphatic rings. The highest BCUT2D eigenvalue weighted by Crippen LogP contribution is 2.41. The number of rotatable bonds is 4. The Bertz CT molecular complexity index is 755. The molecule has 0 spiro atoms. The zero-order valence-corrected chi connectivity index (χ0v) is 15.6. The van der Waals surface area contributed by atoms with Crippen molar-refractivity contribution in [2.75, 3.05) is 25.1 Å². The Labute approximate surface area is 153 Å². The Kier molecular flexibility index (Phi) is 5.11. The molecule has 134 valence electrons.